The fourth-order valence-corrected chi connectivity index (χ4v) is 5.54. The fourth-order valence-electron chi connectivity index (χ4n) is 4.65. The van der Waals surface area contributed by atoms with Crippen molar-refractivity contribution >= 4 is 41.0 Å². The van der Waals surface area contributed by atoms with Crippen molar-refractivity contribution in [2.24, 2.45) is 5.92 Å². The number of halogens is 1. The van der Waals surface area contributed by atoms with Crippen molar-refractivity contribution in [3.05, 3.63) is 83.0 Å². The highest BCUT2D eigenvalue weighted by Gasteiger charge is 2.37. The molecule has 2 heterocycles. The first-order valence-electron chi connectivity index (χ1n) is 12.6. The Balaban J connectivity index is 1.22. The Morgan fingerprint density at radius 2 is 1.68 bits per heavy atom. The van der Waals surface area contributed by atoms with Crippen molar-refractivity contribution < 1.29 is 9.59 Å². The maximum Gasteiger partial charge on any atom is 0.231 e. The minimum atomic E-state index is -0.248. The van der Waals surface area contributed by atoms with Crippen LogP contribution in [-0.2, 0) is 9.59 Å². The average molecular weight is 536 g/mol. The van der Waals surface area contributed by atoms with E-state index in [9.17, 15) is 9.59 Å². The molecule has 2 aromatic carbocycles. The van der Waals surface area contributed by atoms with Gasteiger partial charge >= 0.3 is 0 Å². The van der Waals surface area contributed by atoms with Crippen LogP contribution in [0.15, 0.2) is 71.9 Å². The summed E-state index contributed by atoms with van der Waals surface area (Å²) in [5.74, 6) is 1.27. The van der Waals surface area contributed by atoms with E-state index in [-0.39, 0.29) is 35.6 Å². The highest BCUT2D eigenvalue weighted by atomic mass is 35.5. The second-order valence-corrected chi connectivity index (χ2v) is 10.9. The van der Waals surface area contributed by atoms with Crippen molar-refractivity contribution in [2.75, 3.05) is 30.3 Å². The van der Waals surface area contributed by atoms with Crippen LogP contribution >= 0.6 is 23.4 Å². The first-order valence-corrected chi connectivity index (χ1v) is 14.0. The maximum atomic E-state index is 13.0. The van der Waals surface area contributed by atoms with Crippen LogP contribution in [-0.4, -0.2) is 58.1 Å². The lowest BCUT2D eigenvalue weighted by molar-refractivity contribution is -0.135. The largest absolute Gasteiger partial charge is 0.353 e. The van der Waals surface area contributed by atoms with Crippen molar-refractivity contribution in [3.8, 4) is 0 Å². The zero-order chi connectivity index (χ0) is 25.8. The highest BCUT2D eigenvalue weighted by Crippen LogP contribution is 2.33. The Kier molecular flexibility index (Phi) is 7.96. The number of carbonyl (C=O) groups is 2. The normalized spacial score (nSPS) is 17.6. The summed E-state index contributed by atoms with van der Waals surface area (Å²) in [7, 11) is 0. The summed E-state index contributed by atoms with van der Waals surface area (Å²) in [6.07, 6.45) is 2.03. The summed E-state index contributed by atoms with van der Waals surface area (Å²) in [6, 6.07) is 21.4. The molecule has 0 spiro atoms. The summed E-state index contributed by atoms with van der Waals surface area (Å²) < 4.78 is 0. The van der Waals surface area contributed by atoms with Crippen molar-refractivity contribution in [3.63, 3.8) is 0 Å². The van der Waals surface area contributed by atoms with Crippen LogP contribution in [0.4, 0.5) is 5.82 Å². The van der Waals surface area contributed by atoms with Crippen LogP contribution in [0.3, 0.4) is 0 Å². The number of thioether (sulfide) groups is 1. The molecule has 2 fully saturated rings. The molecule has 1 unspecified atom stereocenters. The number of aromatic nitrogens is 2. The molecule has 1 atom stereocenters. The Morgan fingerprint density at radius 1 is 1.03 bits per heavy atom. The molecular weight excluding hydrogens is 506 g/mol. The molecule has 192 valence electrons. The van der Waals surface area contributed by atoms with Crippen LogP contribution in [0.25, 0.3) is 0 Å². The molecule has 7 nitrogen and oxygen atoms in total. The van der Waals surface area contributed by atoms with E-state index < -0.39 is 0 Å². The third-order valence-corrected chi connectivity index (χ3v) is 7.77. The van der Waals surface area contributed by atoms with Gasteiger partial charge in [0.15, 0.2) is 5.16 Å². The van der Waals surface area contributed by atoms with Gasteiger partial charge in [0.1, 0.15) is 11.0 Å². The van der Waals surface area contributed by atoms with Gasteiger partial charge in [0.25, 0.3) is 0 Å². The van der Waals surface area contributed by atoms with Gasteiger partial charge in [-0.15, -0.1) is 0 Å². The summed E-state index contributed by atoms with van der Waals surface area (Å²) >= 11 is 7.60. The van der Waals surface area contributed by atoms with Crippen molar-refractivity contribution in [2.45, 2.75) is 37.0 Å². The highest BCUT2D eigenvalue weighted by molar-refractivity contribution is 7.99. The SMILES string of the molecule is CC1CN(c2cc(Cl)nc(SCC(=O)NC(c3ccccc3)c3ccccc3)n2)CCN1C(=O)C1CC1. The van der Waals surface area contributed by atoms with Gasteiger partial charge in [0, 0.05) is 37.7 Å². The summed E-state index contributed by atoms with van der Waals surface area (Å²) in [5.41, 5.74) is 2.03. The van der Waals surface area contributed by atoms with E-state index in [1.54, 1.807) is 6.07 Å². The summed E-state index contributed by atoms with van der Waals surface area (Å²) in [4.78, 5) is 38.7. The van der Waals surface area contributed by atoms with Crippen molar-refractivity contribution in [1.82, 2.24) is 20.2 Å². The van der Waals surface area contributed by atoms with Gasteiger partial charge in [0.05, 0.1) is 11.8 Å². The minimum Gasteiger partial charge on any atom is -0.353 e. The standard InChI is InChI=1S/C28H30ClN5O2S/c1-19-17-33(14-15-34(19)27(36)22-12-13-22)24-16-23(29)30-28(31-24)37-18-25(35)32-26(20-8-4-2-5-9-20)21-10-6-3-7-11-21/h2-11,16,19,22,26H,12-15,17-18H2,1H3,(H,32,35). The molecule has 3 aromatic rings. The summed E-state index contributed by atoms with van der Waals surface area (Å²) in [6.45, 7) is 4.12. The van der Waals surface area contributed by atoms with Gasteiger partial charge in [-0.2, -0.15) is 0 Å². The monoisotopic (exact) mass is 535 g/mol. The molecule has 1 saturated carbocycles. The molecule has 5 rings (SSSR count). The van der Waals surface area contributed by atoms with Crippen LogP contribution in [0.2, 0.25) is 5.15 Å². The van der Waals surface area contributed by atoms with Crippen molar-refractivity contribution in [1.29, 1.82) is 0 Å². The number of carbonyl (C=O) groups excluding carboxylic acids is 2. The number of hydrogen-bond acceptors (Lipinski definition) is 6. The first-order chi connectivity index (χ1) is 18.0. The maximum absolute atomic E-state index is 13.0. The number of nitrogens with one attached hydrogen (secondary N) is 1. The number of rotatable bonds is 8. The van der Waals surface area contributed by atoms with Gasteiger partial charge in [-0.1, -0.05) is 84.0 Å². The number of piperazine rings is 1. The summed E-state index contributed by atoms with van der Waals surface area (Å²) in [5, 5.41) is 3.94. The topological polar surface area (TPSA) is 78.4 Å². The molecule has 1 aliphatic heterocycles. The average Bonchev–Trinajstić information content (AvgIpc) is 3.77. The van der Waals surface area contributed by atoms with Gasteiger partial charge in [-0.25, -0.2) is 9.97 Å². The molecular formula is C28H30ClN5O2S. The Hall–Kier alpha value is -3.10. The second-order valence-electron chi connectivity index (χ2n) is 9.54. The smallest absolute Gasteiger partial charge is 0.231 e. The Bertz CT molecular complexity index is 1200. The van der Waals surface area contributed by atoms with E-state index in [4.69, 9.17) is 11.6 Å². The molecule has 1 aliphatic carbocycles. The third-order valence-electron chi connectivity index (χ3n) is 6.73. The molecule has 9 heteroatoms. The van der Waals surface area contributed by atoms with Crippen LogP contribution in [0, 0.1) is 5.92 Å². The number of hydrogen-bond donors (Lipinski definition) is 1. The molecule has 1 aromatic heterocycles. The molecule has 0 bridgehead atoms. The van der Waals surface area contributed by atoms with Gasteiger partial charge < -0.3 is 15.1 Å². The number of nitrogens with zero attached hydrogens (tertiary/aromatic N) is 4. The zero-order valence-corrected chi connectivity index (χ0v) is 22.3. The molecule has 2 amide bonds. The molecule has 1 saturated heterocycles. The lowest BCUT2D eigenvalue weighted by atomic mass is 9.99. The van der Waals surface area contributed by atoms with Crippen LogP contribution in [0.1, 0.15) is 36.9 Å². The van der Waals surface area contributed by atoms with E-state index in [2.05, 4.69) is 27.1 Å². The van der Waals surface area contributed by atoms with Gasteiger partial charge in [0.2, 0.25) is 11.8 Å². The number of anilines is 1. The van der Waals surface area contributed by atoms with Gasteiger partial charge in [-0.05, 0) is 30.9 Å². The van der Waals surface area contributed by atoms with E-state index >= 15 is 0 Å². The number of benzene rings is 2. The van der Waals surface area contributed by atoms with Gasteiger partial charge in [-0.3, -0.25) is 9.59 Å². The molecule has 0 radical (unpaired) electrons. The Labute approximate surface area is 226 Å². The quantitative estimate of drug-likeness (QED) is 0.258. The molecule has 2 aliphatic rings. The fraction of sp³-hybridized carbons (Fsp3) is 0.357. The van der Waals surface area contributed by atoms with E-state index in [0.717, 1.165) is 29.8 Å². The third kappa shape index (κ3) is 6.43. The van der Waals surface area contributed by atoms with Crippen LogP contribution in [0.5, 0.6) is 0 Å². The lowest BCUT2D eigenvalue weighted by Crippen LogP contribution is -2.54. The minimum absolute atomic E-state index is 0.102. The number of amides is 2. The van der Waals surface area contributed by atoms with E-state index in [0.29, 0.717) is 29.9 Å². The predicted octanol–water partition coefficient (Wildman–Crippen LogP) is 4.58. The Morgan fingerprint density at radius 3 is 2.27 bits per heavy atom. The lowest BCUT2D eigenvalue weighted by Gasteiger charge is -2.40. The molecule has 1 N–H and O–H groups in total. The predicted molar refractivity (Wildman–Crippen MR) is 147 cm³/mol. The van der Waals surface area contributed by atoms with E-state index in [1.807, 2.05) is 65.6 Å². The zero-order valence-electron chi connectivity index (χ0n) is 20.7. The second kappa shape index (κ2) is 11.5. The molecule has 37 heavy (non-hydrogen) atoms. The van der Waals surface area contributed by atoms with E-state index in [1.165, 1.54) is 11.8 Å². The first kappa shape index (κ1) is 25.5. The van der Waals surface area contributed by atoms with Crippen LogP contribution < -0.4 is 10.2 Å².